The molecule has 1 aliphatic rings. The van der Waals surface area contributed by atoms with Crippen LogP contribution < -0.4 is 0 Å². The number of benzene rings is 1. The van der Waals surface area contributed by atoms with Crippen molar-refractivity contribution >= 4 is 12.8 Å². The third kappa shape index (κ3) is 10.1. The minimum Gasteiger partial charge on any atom is -0.250 e. The molecule has 1 heterocycles. The maximum absolute atomic E-state index is 4.71. The molecule has 2 rings (SSSR count). The first-order chi connectivity index (χ1) is 12.0. The minimum atomic E-state index is 0.457. The molecule has 0 radical (unpaired) electrons. The Hall–Kier alpha value is -0.730. The largest absolute Gasteiger partial charge is 0.250 e. The first kappa shape index (κ1) is 24.3. The summed E-state index contributed by atoms with van der Waals surface area (Å²) in [4.78, 5) is 0. The van der Waals surface area contributed by atoms with E-state index in [2.05, 4.69) is 68.6 Å². The average molecular weight is 364 g/mol. The SMILES string of the molecule is C=C.CC.CC(C)(C)CCC1CCN(S)C1CCCc1ccccc1. The summed E-state index contributed by atoms with van der Waals surface area (Å²) in [7, 11) is 0. The lowest BCUT2D eigenvalue weighted by Crippen LogP contribution is -2.26. The van der Waals surface area contributed by atoms with Crippen molar-refractivity contribution in [3.63, 3.8) is 0 Å². The highest BCUT2D eigenvalue weighted by molar-refractivity contribution is 7.77. The van der Waals surface area contributed by atoms with Crippen LogP contribution in [0.1, 0.15) is 72.3 Å². The van der Waals surface area contributed by atoms with Gasteiger partial charge in [-0.3, -0.25) is 0 Å². The smallest absolute Gasteiger partial charge is 0.0229 e. The molecule has 1 aromatic carbocycles. The summed E-state index contributed by atoms with van der Waals surface area (Å²) in [6, 6.07) is 11.5. The van der Waals surface area contributed by atoms with Gasteiger partial charge in [0.25, 0.3) is 0 Å². The van der Waals surface area contributed by atoms with E-state index in [1.807, 2.05) is 13.8 Å². The summed E-state index contributed by atoms with van der Waals surface area (Å²) < 4.78 is 2.30. The molecule has 1 fully saturated rings. The van der Waals surface area contributed by atoms with Crippen molar-refractivity contribution in [3.05, 3.63) is 49.1 Å². The average Bonchev–Trinajstić information content (AvgIpc) is 2.97. The monoisotopic (exact) mass is 363 g/mol. The summed E-state index contributed by atoms with van der Waals surface area (Å²) >= 11 is 4.71. The van der Waals surface area contributed by atoms with Crippen molar-refractivity contribution < 1.29 is 0 Å². The lowest BCUT2D eigenvalue weighted by Gasteiger charge is -2.27. The van der Waals surface area contributed by atoms with E-state index in [0.29, 0.717) is 11.5 Å². The van der Waals surface area contributed by atoms with E-state index >= 15 is 0 Å². The molecule has 1 aromatic rings. The molecule has 1 aliphatic heterocycles. The summed E-state index contributed by atoms with van der Waals surface area (Å²) in [5.41, 5.74) is 1.92. The highest BCUT2D eigenvalue weighted by atomic mass is 32.1. The molecule has 0 amide bonds. The van der Waals surface area contributed by atoms with Crippen LogP contribution in [0.4, 0.5) is 0 Å². The molecule has 25 heavy (non-hydrogen) atoms. The molecular formula is C23H41NS. The van der Waals surface area contributed by atoms with Gasteiger partial charge >= 0.3 is 0 Å². The number of thiol groups is 1. The highest BCUT2D eigenvalue weighted by Crippen LogP contribution is 2.35. The van der Waals surface area contributed by atoms with Crippen LogP contribution in [0.5, 0.6) is 0 Å². The van der Waals surface area contributed by atoms with Crippen LogP contribution in [0.15, 0.2) is 43.5 Å². The number of rotatable bonds is 6. The molecule has 0 spiro atoms. The molecule has 1 nitrogen and oxygen atoms in total. The Morgan fingerprint density at radius 3 is 2.24 bits per heavy atom. The number of aryl methyl sites for hydroxylation is 1. The Morgan fingerprint density at radius 2 is 1.68 bits per heavy atom. The van der Waals surface area contributed by atoms with Crippen LogP contribution in [-0.2, 0) is 6.42 Å². The quantitative estimate of drug-likeness (QED) is 0.413. The van der Waals surface area contributed by atoms with Crippen molar-refractivity contribution in [2.45, 2.75) is 79.2 Å². The van der Waals surface area contributed by atoms with Crippen molar-refractivity contribution in [3.8, 4) is 0 Å². The van der Waals surface area contributed by atoms with E-state index in [1.165, 1.54) is 44.1 Å². The molecular weight excluding hydrogens is 322 g/mol. The normalized spacial score (nSPS) is 20.2. The number of hydrogen-bond acceptors (Lipinski definition) is 2. The van der Waals surface area contributed by atoms with Gasteiger partial charge < -0.3 is 0 Å². The van der Waals surface area contributed by atoms with Gasteiger partial charge in [-0.15, -0.1) is 13.2 Å². The van der Waals surface area contributed by atoms with Crippen LogP contribution >= 0.6 is 12.8 Å². The maximum atomic E-state index is 4.71. The third-order valence-corrected chi connectivity index (χ3v) is 5.23. The zero-order chi connectivity index (χ0) is 19.3. The van der Waals surface area contributed by atoms with Crippen LogP contribution in [0.3, 0.4) is 0 Å². The molecule has 2 heteroatoms. The van der Waals surface area contributed by atoms with Crippen molar-refractivity contribution in [2.75, 3.05) is 6.54 Å². The second kappa shape index (κ2) is 13.5. The molecule has 0 aliphatic carbocycles. The fourth-order valence-electron chi connectivity index (χ4n) is 3.40. The van der Waals surface area contributed by atoms with E-state index in [9.17, 15) is 0 Å². The molecule has 1 saturated heterocycles. The second-order valence-corrected chi connectivity index (χ2v) is 8.27. The Morgan fingerprint density at radius 1 is 1.08 bits per heavy atom. The standard InChI is InChI=1S/C19H31NS.C2H6.C2H4/c1-19(2,3)14-12-17-13-15-20(21)18(17)11-7-10-16-8-5-4-6-9-16;2*1-2/h4-6,8-9,17-18,21H,7,10-15H2,1-3H3;1-2H3;1-2H2. The topological polar surface area (TPSA) is 3.24 Å². The Labute approximate surface area is 163 Å². The summed E-state index contributed by atoms with van der Waals surface area (Å²) in [5, 5.41) is 0. The Balaban J connectivity index is 0.00000134. The van der Waals surface area contributed by atoms with Crippen LogP contribution in [-0.4, -0.2) is 16.9 Å². The molecule has 2 atom stereocenters. The number of hydrogen-bond donors (Lipinski definition) is 1. The van der Waals surface area contributed by atoms with Gasteiger partial charge in [-0.2, -0.15) is 0 Å². The number of nitrogens with zero attached hydrogens (tertiary/aromatic N) is 1. The summed E-state index contributed by atoms with van der Waals surface area (Å²) in [6.45, 7) is 18.2. The predicted molar refractivity (Wildman–Crippen MR) is 118 cm³/mol. The Kier molecular flexibility index (Phi) is 13.1. The van der Waals surface area contributed by atoms with Gasteiger partial charge in [0.15, 0.2) is 0 Å². The minimum absolute atomic E-state index is 0.457. The molecule has 0 aromatic heterocycles. The zero-order valence-electron chi connectivity index (χ0n) is 17.3. The van der Waals surface area contributed by atoms with Gasteiger partial charge in [-0.25, -0.2) is 4.31 Å². The fraction of sp³-hybridized carbons (Fsp3) is 0.652. The second-order valence-electron chi connectivity index (χ2n) is 7.76. The third-order valence-electron chi connectivity index (χ3n) is 4.73. The van der Waals surface area contributed by atoms with E-state index < -0.39 is 0 Å². The zero-order valence-corrected chi connectivity index (χ0v) is 18.2. The molecule has 144 valence electrons. The lowest BCUT2D eigenvalue weighted by atomic mass is 9.83. The summed E-state index contributed by atoms with van der Waals surface area (Å²) in [6.07, 6.45) is 7.77. The molecule has 0 N–H and O–H groups in total. The predicted octanol–water partition coefficient (Wildman–Crippen LogP) is 7.20. The van der Waals surface area contributed by atoms with E-state index in [-0.39, 0.29) is 0 Å². The van der Waals surface area contributed by atoms with E-state index in [1.54, 1.807) is 0 Å². The Bertz CT molecular complexity index is 423. The van der Waals surface area contributed by atoms with E-state index in [0.717, 1.165) is 12.5 Å². The van der Waals surface area contributed by atoms with Gasteiger partial charge in [0, 0.05) is 12.6 Å². The first-order valence-electron chi connectivity index (χ1n) is 9.95. The van der Waals surface area contributed by atoms with Gasteiger partial charge in [-0.05, 0) is 55.4 Å². The van der Waals surface area contributed by atoms with Crippen LogP contribution in [0, 0.1) is 11.3 Å². The van der Waals surface area contributed by atoms with Crippen molar-refractivity contribution in [1.29, 1.82) is 0 Å². The van der Waals surface area contributed by atoms with Crippen LogP contribution in [0.2, 0.25) is 0 Å². The van der Waals surface area contributed by atoms with Gasteiger partial charge in [0.2, 0.25) is 0 Å². The van der Waals surface area contributed by atoms with Crippen LogP contribution in [0.25, 0.3) is 0 Å². The summed E-state index contributed by atoms with van der Waals surface area (Å²) in [5.74, 6) is 0.845. The first-order valence-corrected chi connectivity index (χ1v) is 10.4. The van der Waals surface area contributed by atoms with E-state index in [4.69, 9.17) is 12.8 Å². The lowest BCUT2D eigenvalue weighted by molar-refractivity contribution is 0.274. The highest BCUT2D eigenvalue weighted by Gasteiger charge is 2.32. The van der Waals surface area contributed by atoms with Crippen molar-refractivity contribution in [2.24, 2.45) is 11.3 Å². The maximum Gasteiger partial charge on any atom is 0.0229 e. The molecule has 2 unspecified atom stereocenters. The molecule has 0 saturated carbocycles. The van der Waals surface area contributed by atoms with Gasteiger partial charge in [-0.1, -0.05) is 77.8 Å². The molecule has 0 bridgehead atoms. The fourth-order valence-corrected chi connectivity index (χ4v) is 3.82. The van der Waals surface area contributed by atoms with Gasteiger partial charge in [0.1, 0.15) is 0 Å². The van der Waals surface area contributed by atoms with Crippen molar-refractivity contribution in [1.82, 2.24) is 4.31 Å². The van der Waals surface area contributed by atoms with Gasteiger partial charge in [0.05, 0.1) is 0 Å².